The molecule has 1 fully saturated rings. The molecule has 5 aromatic rings. The van der Waals surface area contributed by atoms with Crippen LogP contribution in [0.5, 0.6) is 11.5 Å². The molecule has 0 radical (unpaired) electrons. The van der Waals surface area contributed by atoms with Crippen LogP contribution in [0.1, 0.15) is 65.6 Å². The fourth-order valence-electron chi connectivity index (χ4n) is 6.57. The maximum atomic E-state index is 14.9. The van der Waals surface area contributed by atoms with Gasteiger partial charge in [0.15, 0.2) is 11.5 Å². The fraction of sp³-hybridized carbons (Fsp3) is 0.324. The Labute approximate surface area is 264 Å². The minimum absolute atomic E-state index is 0.233. The molecule has 2 aliphatic rings. The quantitative estimate of drug-likeness (QED) is 0.201. The van der Waals surface area contributed by atoms with E-state index in [2.05, 4.69) is 32.0 Å². The highest BCUT2D eigenvalue weighted by Gasteiger charge is 2.43. The van der Waals surface area contributed by atoms with Gasteiger partial charge in [-0.05, 0) is 81.2 Å². The third kappa shape index (κ3) is 5.42. The Hall–Kier alpha value is -4.41. The van der Waals surface area contributed by atoms with Crippen molar-refractivity contribution in [3.8, 4) is 11.5 Å². The second-order valence-corrected chi connectivity index (χ2v) is 12.2. The van der Waals surface area contributed by atoms with Gasteiger partial charge in [0.05, 0.1) is 47.3 Å². The summed E-state index contributed by atoms with van der Waals surface area (Å²) in [6.45, 7) is 7.44. The molecule has 7 rings (SSSR count). The molecule has 0 aliphatic carbocycles. The highest BCUT2D eigenvalue weighted by atomic mass is 35.5. The topological polar surface area (TPSA) is 94.6 Å². The van der Waals surface area contributed by atoms with Crippen LogP contribution in [-0.4, -0.2) is 48.2 Å². The van der Waals surface area contributed by atoms with Crippen molar-refractivity contribution in [2.24, 2.45) is 0 Å². The highest BCUT2D eigenvalue weighted by Crippen LogP contribution is 2.49. The summed E-state index contributed by atoms with van der Waals surface area (Å²) in [6, 6.07) is 15.5. The summed E-state index contributed by atoms with van der Waals surface area (Å²) in [7, 11) is 0. The largest absolute Gasteiger partial charge is 0.478 e. The first-order valence-electron chi connectivity index (χ1n) is 15.1. The zero-order valence-electron chi connectivity index (χ0n) is 25.0. The van der Waals surface area contributed by atoms with Crippen LogP contribution in [0.3, 0.4) is 0 Å². The maximum absolute atomic E-state index is 14.9. The van der Waals surface area contributed by atoms with Gasteiger partial charge in [0, 0.05) is 30.3 Å². The van der Waals surface area contributed by atoms with E-state index in [9.17, 15) is 14.3 Å². The molecule has 45 heavy (non-hydrogen) atoms. The van der Waals surface area contributed by atoms with E-state index in [1.807, 2.05) is 24.7 Å². The smallest absolute Gasteiger partial charge is 0.335 e. The van der Waals surface area contributed by atoms with Crippen LogP contribution in [-0.2, 0) is 25.4 Å². The number of hydrogen-bond acceptors (Lipinski definition) is 6. The summed E-state index contributed by atoms with van der Waals surface area (Å²) in [5.74, 6) is -0.338. The Balaban J connectivity index is 1.10. The lowest BCUT2D eigenvalue weighted by Gasteiger charge is -2.32. The van der Waals surface area contributed by atoms with Gasteiger partial charge < -0.3 is 23.7 Å². The summed E-state index contributed by atoms with van der Waals surface area (Å²) in [5, 5.41) is 9.95. The average Bonchev–Trinajstić information content (AvgIpc) is 3.72. The molecule has 9 nitrogen and oxygen atoms in total. The molecule has 2 aliphatic heterocycles. The summed E-state index contributed by atoms with van der Waals surface area (Å²) < 4.78 is 31.6. The van der Waals surface area contributed by atoms with Gasteiger partial charge in [0.1, 0.15) is 11.6 Å². The highest BCUT2D eigenvalue weighted by molar-refractivity contribution is 6.30. The SMILES string of the molecule is CCn1cncc1Cn1c(CN2CCC(c3cccc4c3O[C@@](C)(c3ccc(Cl)cc3F)O4)CC2)nc2ccc(C(=O)O)cc21. The van der Waals surface area contributed by atoms with Crippen molar-refractivity contribution in [1.29, 1.82) is 0 Å². The van der Waals surface area contributed by atoms with Gasteiger partial charge in [-0.3, -0.25) is 4.90 Å². The van der Waals surface area contributed by atoms with Crippen LogP contribution in [0, 0.1) is 5.82 Å². The number of carboxylic acid groups (broad SMARTS) is 1. The number of halogens is 2. The first-order valence-corrected chi connectivity index (χ1v) is 15.5. The van der Waals surface area contributed by atoms with Crippen LogP contribution in [0.4, 0.5) is 4.39 Å². The molecule has 11 heteroatoms. The molecule has 1 saturated heterocycles. The monoisotopic (exact) mass is 629 g/mol. The van der Waals surface area contributed by atoms with Crippen LogP contribution < -0.4 is 9.47 Å². The first-order chi connectivity index (χ1) is 21.7. The summed E-state index contributed by atoms with van der Waals surface area (Å²) in [5.41, 5.74) is 4.18. The fourth-order valence-corrected chi connectivity index (χ4v) is 6.73. The van der Waals surface area contributed by atoms with E-state index >= 15 is 0 Å². The van der Waals surface area contributed by atoms with E-state index in [-0.39, 0.29) is 11.5 Å². The molecule has 1 N–H and O–H groups in total. The Morgan fingerprint density at radius 1 is 1.11 bits per heavy atom. The average molecular weight is 630 g/mol. The number of ether oxygens (including phenoxy) is 2. The zero-order valence-corrected chi connectivity index (χ0v) is 25.8. The molecule has 4 heterocycles. The predicted molar refractivity (Wildman–Crippen MR) is 167 cm³/mol. The molecular weight excluding hydrogens is 597 g/mol. The molecule has 3 aromatic carbocycles. The third-order valence-corrected chi connectivity index (χ3v) is 9.19. The number of aromatic carboxylic acids is 1. The predicted octanol–water partition coefficient (Wildman–Crippen LogP) is 6.82. The summed E-state index contributed by atoms with van der Waals surface area (Å²) in [4.78, 5) is 23.4. The molecule has 232 valence electrons. The third-order valence-electron chi connectivity index (χ3n) is 8.96. The zero-order chi connectivity index (χ0) is 31.3. The number of carbonyl (C=O) groups is 1. The minimum atomic E-state index is -1.29. The number of hydrogen-bond donors (Lipinski definition) is 1. The lowest BCUT2D eigenvalue weighted by Crippen LogP contribution is -2.34. The number of carboxylic acids is 1. The maximum Gasteiger partial charge on any atom is 0.335 e. The Kier molecular flexibility index (Phi) is 7.49. The van der Waals surface area contributed by atoms with Crippen molar-refractivity contribution >= 4 is 28.6 Å². The van der Waals surface area contributed by atoms with Crippen molar-refractivity contribution in [3.05, 3.63) is 106 Å². The molecule has 0 unspecified atom stereocenters. The van der Waals surface area contributed by atoms with Gasteiger partial charge >= 0.3 is 5.97 Å². The number of aryl methyl sites for hydroxylation is 1. The second-order valence-electron chi connectivity index (χ2n) is 11.8. The molecule has 0 amide bonds. The number of imidazole rings is 2. The van der Waals surface area contributed by atoms with E-state index in [1.54, 1.807) is 37.3 Å². The van der Waals surface area contributed by atoms with Crippen molar-refractivity contribution in [2.45, 2.75) is 58.0 Å². The Morgan fingerprint density at radius 2 is 1.93 bits per heavy atom. The van der Waals surface area contributed by atoms with E-state index < -0.39 is 17.6 Å². The number of nitrogens with zero attached hydrogens (tertiary/aromatic N) is 5. The van der Waals surface area contributed by atoms with Crippen LogP contribution in [0.15, 0.2) is 67.1 Å². The normalized spacial score (nSPS) is 18.6. The van der Waals surface area contributed by atoms with E-state index in [0.717, 1.165) is 60.6 Å². The molecule has 2 aromatic heterocycles. The minimum Gasteiger partial charge on any atom is -0.478 e. The van der Waals surface area contributed by atoms with E-state index in [0.29, 0.717) is 35.2 Å². The lowest BCUT2D eigenvalue weighted by atomic mass is 9.88. The van der Waals surface area contributed by atoms with E-state index in [4.69, 9.17) is 26.1 Å². The molecular formula is C34H33ClFN5O4. The number of rotatable bonds is 8. The van der Waals surface area contributed by atoms with Gasteiger partial charge in [-0.15, -0.1) is 0 Å². The lowest BCUT2D eigenvalue weighted by molar-refractivity contribution is -0.0712. The Morgan fingerprint density at radius 3 is 2.69 bits per heavy atom. The summed E-state index contributed by atoms with van der Waals surface area (Å²) >= 11 is 5.98. The molecule has 1 atom stereocenters. The van der Waals surface area contributed by atoms with Gasteiger partial charge in [-0.2, -0.15) is 0 Å². The second kappa shape index (κ2) is 11.5. The van der Waals surface area contributed by atoms with Crippen molar-refractivity contribution < 1.29 is 23.8 Å². The molecule has 0 saturated carbocycles. The number of para-hydroxylation sites is 1. The number of benzene rings is 3. The van der Waals surface area contributed by atoms with Crippen molar-refractivity contribution in [2.75, 3.05) is 13.1 Å². The van der Waals surface area contributed by atoms with Gasteiger partial charge in [0.25, 0.3) is 5.79 Å². The van der Waals surface area contributed by atoms with E-state index in [1.165, 1.54) is 6.07 Å². The number of piperidine rings is 1. The standard InChI is InChI=1S/C34H33ClFN5O4/c1-3-40-20-37-17-24(40)18-41-29-15-22(33(42)43)7-10-28(29)38-31(41)19-39-13-11-21(12-14-39)25-5-4-6-30-32(25)45-34(2,44-30)26-9-8-23(35)16-27(26)36/h4-10,15-17,20-21H,3,11-14,18-19H2,1-2H3,(H,42,43)/t34-/m0/s1. The van der Waals surface area contributed by atoms with Crippen LogP contribution in [0.2, 0.25) is 5.02 Å². The van der Waals surface area contributed by atoms with Crippen molar-refractivity contribution in [3.63, 3.8) is 0 Å². The van der Waals surface area contributed by atoms with Crippen LogP contribution in [0.25, 0.3) is 11.0 Å². The van der Waals surface area contributed by atoms with Gasteiger partial charge in [-0.1, -0.05) is 23.7 Å². The number of likely N-dealkylation sites (tertiary alicyclic amines) is 1. The first kappa shape index (κ1) is 29.3. The number of aromatic nitrogens is 4. The van der Waals surface area contributed by atoms with Gasteiger partial charge in [-0.25, -0.2) is 19.2 Å². The van der Waals surface area contributed by atoms with Crippen molar-refractivity contribution in [1.82, 2.24) is 24.0 Å². The molecule has 0 spiro atoms. The number of fused-ring (bicyclic) bond motifs is 2. The van der Waals surface area contributed by atoms with Gasteiger partial charge in [0.2, 0.25) is 0 Å². The summed E-state index contributed by atoms with van der Waals surface area (Å²) in [6.07, 6.45) is 5.46. The van der Waals surface area contributed by atoms with Crippen LogP contribution >= 0.6 is 11.6 Å². The molecule has 0 bridgehead atoms. The Bertz CT molecular complexity index is 1910.